The van der Waals surface area contributed by atoms with Gasteiger partial charge in [0.1, 0.15) is 0 Å². The number of halogens is 2. The molecule has 2 aliphatic rings. The molecule has 4 rings (SSSR count). The summed E-state index contributed by atoms with van der Waals surface area (Å²) in [7, 11) is 0. The fourth-order valence-electron chi connectivity index (χ4n) is 3.90. The van der Waals surface area contributed by atoms with E-state index in [0.29, 0.717) is 18.0 Å². The summed E-state index contributed by atoms with van der Waals surface area (Å²) >= 11 is 0. The van der Waals surface area contributed by atoms with Crippen LogP contribution in [0.2, 0.25) is 0 Å². The summed E-state index contributed by atoms with van der Waals surface area (Å²) in [5, 5.41) is 0. The normalized spacial score (nSPS) is 19.8. The molecule has 0 radical (unpaired) electrons. The highest BCUT2D eigenvalue weighted by molar-refractivity contribution is 5.99. The average molecular weight is 424 g/mol. The predicted octanol–water partition coefficient (Wildman–Crippen LogP) is 4.27. The lowest BCUT2D eigenvalue weighted by Crippen LogP contribution is -2.50. The van der Waals surface area contributed by atoms with Gasteiger partial charge in [-0.2, -0.15) is 0 Å². The predicted molar refractivity (Wildman–Crippen MR) is 116 cm³/mol. The van der Waals surface area contributed by atoms with Gasteiger partial charge in [0.2, 0.25) is 0 Å². The number of likely N-dealkylation sites (tertiary alicyclic amines) is 1. The van der Waals surface area contributed by atoms with Crippen molar-refractivity contribution < 1.29 is 9.53 Å². The van der Waals surface area contributed by atoms with E-state index in [4.69, 9.17) is 4.74 Å². The number of nitrogens with zero attached hydrogens (tertiary/aromatic N) is 3. The zero-order valence-electron chi connectivity index (χ0n) is 16.0. The minimum absolute atomic E-state index is 0. The Morgan fingerprint density at radius 2 is 1.82 bits per heavy atom. The van der Waals surface area contributed by atoms with Gasteiger partial charge in [-0.25, -0.2) is 4.98 Å². The molecule has 1 fully saturated rings. The van der Waals surface area contributed by atoms with Gasteiger partial charge in [0.25, 0.3) is 5.91 Å². The molecule has 152 valence electrons. The fourth-order valence-corrected chi connectivity index (χ4v) is 3.90. The van der Waals surface area contributed by atoms with Gasteiger partial charge in [-0.3, -0.25) is 9.69 Å². The maximum Gasteiger partial charge on any atom is 0.269 e. The molecular formula is C21H27Cl2N3O2. The Balaban J connectivity index is 0.00000140. The number of aromatic nitrogens is 1. The summed E-state index contributed by atoms with van der Waals surface area (Å²) < 4.78 is 5.91. The van der Waals surface area contributed by atoms with Crippen LogP contribution in [-0.2, 0) is 4.79 Å². The van der Waals surface area contributed by atoms with E-state index in [2.05, 4.69) is 22.0 Å². The Kier molecular flexibility index (Phi) is 8.10. The molecule has 0 bridgehead atoms. The van der Waals surface area contributed by atoms with Crippen LogP contribution >= 0.6 is 24.8 Å². The number of fused-ring (bicyclic) bond motifs is 1. The molecule has 7 heteroatoms. The van der Waals surface area contributed by atoms with E-state index in [0.717, 1.165) is 25.2 Å². The third-order valence-corrected chi connectivity index (χ3v) is 5.26. The third-order valence-electron chi connectivity index (χ3n) is 5.26. The van der Waals surface area contributed by atoms with Gasteiger partial charge in [0.15, 0.2) is 17.7 Å². The fraction of sp³-hybridized carbons (Fsp3) is 0.429. The van der Waals surface area contributed by atoms with E-state index < -0.39 is 6.10 Å². The number of anilines is 1. The lowest BCUT2D eigenvalue weighted by Gasteiger charge is -2.39. The maximum atomic E-state index is 13.3. The van der Waals surface area contributed by atoms with Crippen molar-refractivity contribution in [2.45, 2.75) is 38.3 Å². The first kappa shape index (κ1) is 22.5. The minimum atomic E-state index is -0.448. The molecule has 0 spiro atoms. The molecule has 2 aliphatic heterocycles. The van der Waals surface area contributed by atoms with Gasteiger partial charge in [0, 0.05) is 12.7 Å². The van der Waals surface area contributed by atoms with Crippen LogP contribution in [0.1, 0.15) is 37.8 Å². The smallest absolute Gasteiger partial charge is 0.269 e. The van der Waals surface area contributed by atoms with Crippen molar-refractivity contribution in [2.75, 3.05) is 24.5 Å². The molecule has 1 saturated heterocycles. The van der Waals surface area contributed by atoms with Gasteiger partial charge in [-0.05, 0) is 50.0 Å². The zero-order valence-corrected chi connectivity index (χ0v) is 17.6. The van der Waals surface area contributed by atoms with Gasteiger partial charge in [-0.1, -0.05) is 37.3 Å². The van der Waals surface area contributed by atoms with E-state index in [-0.39, 0.29) is 36.8 Å². The van der Waals surface area contributed by atoms with Gasteiger partial charge in [-0.15, -0.1) is 24.8 Å². The first-order valence-electron chi connectivity index (χ1n) is 9.50. The molecule has 3 heterocycles. The van der Waals surface area contributed by atoms with Crippen LogP contribution in [0.4, 0.5) is 5.82 Å². The van der Waals surface area contributed by atoms with Gasteiger partial charge < -0.3 is 9.64 Å². The highest BCUT2D eigenvalue weighted by Gasteiger charge is 2.39. The summed E-state index contributed by atoms with van der Waals surface area (Å²) in [5.41, 5.74) is 1.14. The van der Waals surface area contributed by atoms with Crippen LogP contribution in [-0.4, -0.2) is 41.5 Å². The van der Waals surface area contributed by atoms with Crippen molar-refractivity contribution in [3.63, 3.8) is 0 Å². The lowest BCUT2D eigenvalue weighted by atomic mass is 10.0. The Morgan fingerprint density at radius 1 is 1.11 bits per heavy atom. The minimum Gasteiger partial charge on any atom is -0.477 e. The number of hydrogen-bond donors (Lipinski definition) is 0. The van der Waals surface area contributed by atoms with E-state index >= 15 is 0 Å². The molecule has 2 unspecified atom stereocenters. The molecule has 0 aliphatic carbocycles. The Hall–Kier alpha value is -1.82. The van der Waals surface area contributed by atoms with Crippen molar-refractivity contribution >= 4 is 36.5 Å². The number of rotatable bonds is 5. The number of hydrogen-bond acceptors (Lipinski definition) is 4. The average Bonchev–Trinajstić information content (AvgIpc) is 3.20. The zero-order chi connectivity index (χ0) is 17.9. The maximum absolute atomic E-state index is 13.3. The van der Waals surface area contributed by atoms with Crippen molar-refractivity contribution in [2.24, 2.45) is 0 Å². The van der Waals surface area contributed by atoms with Crippen LogP contribution < -0.4 is 9.64 Å². The number of benzene rings is 1. The Morgan fingerprint density at radius 3 is 2.50 bits per heavy atom. The van der Waals surface area contributed by atoms with Crippen LogP contribution in [0.15, 0.2) is 48.7 Å². The SMILES string of the molecule is CCC1Oc2cccnc2N(C(CN2CCCC2)c2ccccc2)C1=O.Cl.Cl. The van der Waals surface area contributed by atoms with E-state index in [9.17, 15) is 4.79 Å². The first-order chi connectivity index (χ1) is 12.8. The molecule has 2 atom stereocenters. The molecule has 28 heavy (non-hydrogen) atoms. The number of carbonyl (C=O) groups excluding carboxylic acids is 1. The van der Waals surface area contributed by atoms with Crippen LogP contribution in [0.3, 0.4) is 0 Å². The number of amides is 1. The van der Waals surface area contributed by atoms with E-state index in [1.165, 1.54) is 12.8 Å². The van der Waals surface area contributed by atoms with E-state index in [1.54, 1.807) is 6.20 Å². The van der Waals surface area contributed by atoms with Gasteiger partial charge in [0.05, 0.1) is 6.04 Å². The van der Waals surface area contributed by atoms with Crippen molar-refractivity contribution in [3.05, 3.63) is 54.2 Å². The largest absolute Gasteiger partial charge is 0.477 e. The lowest BCUT2D eigenvalue weighted by molar-refractivity contribution is -0.127. The molecule has 1 aromatic heterocycles. The summed E-state index contributed by atoms with van der Waals surface area (Å²) in [6, 6.07) is 14.0. The number of ether oxygens (including phenoxy) is 1. The van der Waals surface area contributed by atoms with Gasteiger partial charge >= 0.3 is 0 Å². The van der Waals surface area contributed by atoms with Crippen LogP contribution in [0, 0.1) is 0 Å². The molecule has 0 saturated carbocycles. The quantitative estimate of drug-likeness (QED) is 0.720. The van der Waals surface area contributed by atoms with Crippen molar-refractivity contribution in [3.8, 4) is 5.75 Å². The number of pyridine rings is 1. The third kappa shape index (κ3) is 4.43. The van der Waals surface area contributed by atoms with E-state index in [1.807, 2.05) is 42.2 Å². The topological polar surface area (TPSA) is 45.7 Å². The summed E-state index contributed by atoms with van der Waals surface area (Å²) in [5.74, 6) is 1.34. The standard InChI is InChI=1S/C21H25N3O2.2ClH/c1-2-18-21(25)24(20-19(26-18)11-8-12-22-20)17(15-23-13-6-7-14-23)16-9-4-3-5-10-16;;/h3-5,8-12,17-18H,2,6-7,13-15H2,1H3;2*1H. The first-order valence-corrected chi connectivity index (χ1v) is 9.50. The summed E-state index contributed by atoms with van der Waals surface area (Å²) in [6.45, 7) is 4.99. The van der Waals surface area contributed by atoms with Crippen LogP contribution in [0.5, 0.6) is 5.75 Å². The molecular weight excluding hydrogens is 397 g/mol. The molecule has 0 N–H and O–H groups in total. The molecule has 1 aromatic carbocycles. The second-order valence-electron chi connectivity index (χ2n) is 6.98. The Bertz CT molecular complexity index is 769. The highest BCUT2D eigenvalue weighted by atomic mass is 35.5. The highest BCUT2D eigenvalue weighted by Crippen LogP contribution is 2.38. The summed E-state index contributed by atoms with van der Waals surface area (Å²) in [4.78, 5) is 22.1. The Labute approximate surface area is 178 Å². The monoisotopic (exact) mass is 423 g/mol. The van der Waals surface area contributed by atoms with Crippen molar-refractivity contribution in [1.82, 2.24) is 9.88 Å². The second kappa shape index (κ2) is 10.1. The van der Waals surface area contributed by atoms with Crippen molar-refractivity contribution in [1.29, 1.82) is 0 Å². The second-order valence-corrected chi connectivity index (χ2v) is 6.98. The van der Waals surface area contributed by atoms with Crippen LogP contribution in [0.25, 0.3) is 0 Å². The summed E-state index contributed by atoms with van der Waals surface area (Å²) in [6.07, 6.45) is 4.38. The molecule has 1 amide bonds. The molecule has 5 nitrogen and oxygen atoms in total. The number of carbonyl (C=O) groups is 1. The molecule has 2 aromatic rings.